The van der Waals surface area contributed by atoms with Crippen LogP contribution in [0.5, 0.6) is 0 Å². The van der Waals surface area contributed by atoms with Crippen molar-refractivity contribution in [1.29, 1.82) is 0 Å². The van der Waals surface area contributed by atoms with Gasteiger partial charge in [0.25, 0.3) is 0 Å². The Balaban J connectivity index is 0.00000320. The number of hydrogen-bond donors (Lipinski definition) is 1. The predicted octanol–water partition coefficient (Wildman–Crippen LogP) is 4.36. The first-order chi connectivity index (χ1) is 14.2. The third kappa shape index (κ3) is 7.54. The van der Waals surface area contributed by atoms with Crippen molar-refractivity contribution in [2.24, 2.45) is 10.9 Å². The molecule has 0 atom stereocenters. The van der Waals surface area contributed by atoms with Crippen LogP contribution in [0.3, 0.4) is 0 Å². The number of nitrogens with one attached hydrogen (secondary N) is 1. The lowest BCUT2D eigenvalue weighted by atomic mass is 9.96. The van der Waals surface area contributed by atoms with E-state index in [1.54, 1.807) is 18.4 Å². The Bertz CT molecular complexity index is 776. The second-order valence-electron chi connectivity index (χ2n) is 7.40. The molecule has 0 amide bonds. The number of guanidine groups is 1. The SMILES string of the molecule is CCNC(=NCCc1coc(-c2ccc(F)cc2)n1)N(C)CCC1CCOCC1.I. The van der Waals surface area contributed by atoms with Crippen LogP contribution in [0, 0.1) is 11.7 Å². The highest BCUT2D eigenvalue weighted by Gasteiger charge is 2.15. The second kappa shape index (κ2) is 12.9. The summed E-state index contributed by atoms with van der Waals surface area (Å²) in [5.74, 6) is 1.90. The molecule has 6 nitrogen and oxygen atoms in total. The maximum Gasteiger partial charge on any atom is 0.226 e. The molecule has 1 N–H and O–H groups in total. The van der Waals surface area contributed by atoms with Crippen LogP contribution in [0.2, 0.25) is 0 Å². The van der Waals surface area contributed by atoms with Gasteiger partial charge in [-0.15, -0.1) is 24.0 Å². The lowest BCUT2D eigenvalue weighted by Crippen LogP contribution is -2.40. The Morgan fingerprint density at radius 2 is 2.00 bits per heavy atom. The van der Waals surface area contributed by atoms with E-state index in [0.717, 1.165) is 68.7 Å². The van der Waals surface area contributed by atoms with E-state index in [4.69, 9.17) is 14.1 Å². The monoisotopic (exact) mass is 530 g/mol. The largest absolute Gasteiger partial charge is 0.444 e. The zero-order valence-electron chi connectivity index (χ0n) is 17.8. The van der Waals surface area contributed by atoms with Crippen molar-refractivity contribution in [2.45, 2.75) is 32.6 Å². The first-order valence-corrected chi connectivity index (χ1v) is 10.4. The average molecular weight is 530 g/mol. The smallest absolute Gasteiger partial charge is 0.226 e. The molecule has 0 spiro atoms. The zero-order valence-corrected chi connectivity index (χ0v) is 20.1. The number of aromatic nitrogens is 1. The minimum Gasteiger partial charge on any atom is -0.444 e. The molecule has 0 unspecified atom stereocenters. The van der Waals surface area contributed by atoms with Crippen LogP contribution in [0.4, 0.5) is 4.39 Å². The number of benzene rings is 1. The van der Waals surface area contributed by atoms with Crippen LogP contribution in [0.1, 0.15) is 31.9 Å². The zero-order chi connectivity index (χ0) is 20.5. The number of hydrogen-bond acceptors (Lipinski definition) is 4. The molecule has 0 radical (unpaired) electrons. The summed E-state index contributed by atoms with van der Waals surface area (Å²) >= 11 is 0. The van der Waals surface area contributed by atoms with E-state index in [-0.39, 0.29) is 29.8 Å². The highest BCUT2D eigenvalue weighted by molar-refractivity contribution is 14.0. The lowest BCUT2D eigenvalue weighted by Gasteiger charge is -2.26. The fourth-order valence-electron chi connectivity index (χ4n) is 3.41. The Hall–Kier alpha value is -1.68. The molecule has 1 fully saturated rings. The van der Waals surface area contributed by atoms with Gasteiger partial charge >= 0.3 is 0 Å². The summed E-state index contributed by atoms with van der Waals surface area (Å²) in [6.45, 7) is 6.29. The number of rotatable bonds is 8. The minimum absolute atomic E-state index is 0. The molecule has 1 aromatic heterocycles. The fourth-order valence-corrected chi connectivity index (χ4v) is 3.41. The molecule has 8 heteroatoms. The lowest BCUT2D eigenvalue weighted by molar-refractivity contribution is 0.0625. The van der Waals surface area contributed by atoms with Crippen molar-refractivity contribution < 1.29 is 13.5 Å². The number of ether oxygens (including phenoxy) is 1. The normalized spacial score (nSPS) is 15.0. The number of nitrogens with zero attached hydrogens (tertiary/aromatic N) is 3. The van der Waals surface area contributed by atoms with Crippen LogP contribution in [-0.4, -0.2) is 55.7 Å². The van der Waals surface area contributed by atoms with Gasteiger partial charge in [0.2, 0.25) is 5.89 Å². The summed E-state index contributed by atoms with van der Waals surface area (Å²) in [6, 6.07) is 6.14. The number of oxazole rings is 1. The van der Waals surface area contributed by atoms with Gasteiger partial charge in [0.1, 0.15) is 12.1 Å². The highest BCUT2D eigenvalue weighted by Crippen LogP contribution is 2.20. The molecule has 1 aliphatic rings. The van der Waals surface area contributed by atoms with Gasteiger partial charge < -0.3 is 19.4 Å². The molecular formula is C22H32FIN4O2. The Kier molecular flexibility index (Phi) is 10.6. The summed E-state index contributed by atoms with van der Waals surface area (Å²) < 4.78 is 24.0. The van der Waals surface area contributed by atoms with Crippen LogP contribution < -0.4 is 5.32 Å². The molecule has 0 aliphatic carbocycles. The van der Waals surface area contributed by atoms with Gasteiger partial charge in [-0.25, -0.2) is 9.37 Å². The van der Waals surface area contributed by atoms with Gasteiger partial charge in [-0.1, -0.05) is 0 Å². The topological polar surface area (TPSA) is 62.9 Å². The summed E-state index contributed by atoms with van der Waals surface area (Å²) in [5, 5.41) is 3.36. The van der Waals surface area contributed by atoms with Crippen molar-refractivity contribution in [3.05, 3.63) is 42.0 Å². The number of aliphatic imine (C=N–C) groups is 1. The van der Waals surface area contributed by atoms with Crippen molar-refractivity contribution in [1.82, 2.24) is 15.2 Å². The molecule has 30 heavy (non-hydrogen) atoms. The fraction of sp³-hybridized carbons (Fsp3) is 0.545. The van der Waals surface area contributed by atoms with Crippen molar-refractivity contribution in [2.75, 3.05) is 39.9 Å². The number of halogens is 2. The van der Waals surface area contributed by atoms with E-state index >= 15 is 0 Å². The maximum absolute atomic E-state index is 13.1. The van der Waals surface area contributed by atoms with E-state index in [2.05, 4.69) is 29.2 Å². The minimum atomic E-state index is -0.272. The quantitative estimate of drug-likeness (QED) is 0.313. The van der Waals surface area contributed by atoms with Crippen molar-refractivity contribution in [3.63, 3.8) is 0 Å². The van der Waals surface area contributed by atoms with Gasteiger partial charge in [0, 0.05) is 51.9 Å². The molecular weight excluding hydrogens is 498 g/mol. The summed E-state index contributed by atoms with van der Waals surface area (Å²) in [4.78, 5) is 11.4. The van der Waals surface area contributed by atoms with E-state index in [9.17, 15) is 4.39 Å². The highest BCUT2D eigenvalue weighted by atomic mass is 127. The average Bonchev–Trinajstić information content (AvgIpc) is 3.21. The van der Waals surface area contributed by atoms with Crippen molar-refractivity contribution in [3.8, 4) is 11.5 Å². The predicted molar refractivity (Wildman–Crippen MR) is 128 cm³/mol. The first-order valence-electron chi connectivity index (χ1n) is 10.4. The van der Waals surface area contributed by atoms with E-state index < -0.39 is 0 Å². The van der Waals surface area contributed by atoms with Gasteiger partial charge in [0.05, 0.1) is 5.69 Å². The molecule has 1 saturated heterocycles. The molecule has 0 saturated carbocycles. The molecule has 166 valence electrons. The third-order valence-corrected chi connectivity index (χ3v) is 5.18. The van der Waals surface area contributed by atoms with Crippen LogP contribution in [-0.2, 0) is 11.2 Å². The maximum atomic E-state index is 13.1. The molecule has 2 aromatic rings. The standard InChI is InChI=1S/C22H31FN4O2.HI/c1-3-24-22(27(2)13-9-17-10-14-28-15-11-17)25-12-8-20-16-29-21(26-20)18-4-6-19(23)7-5-18;/h4-7,16-17H,3,8-15H2,1-2H3,(H,24,25);1H. The van der Waals surface area contributed by atoms with Gasteiger partial charge in [-0.05, 0) is 56.4 Å². The van der Waals surface area contributed by atoms with Gasteiger partial charge in [-0.3, -0.25) is 4.99 Å². The Morgan fingerprint density at radius 3 is 2.70 bits per heavy atom. The van der Waals surface area contributed by atoms with Crippen molar-refractivity contribution >= 4 is 29.9 Å². The van der Waals surface area contributed by atoms with Crippen LogP contribution in [0.15, 0.2) is 39.9 Å². The summed E-state index contributed by atoms with van der Waals surface area (Å²) in [5.41, 5.74) is 1.61. The van der Waals surface area contributed by atoms with Gasteiger partial charge in [0.15, 0.2) is 5.96 Å². The molecule has 1 aromatic carbocycles. The first kappa shape index (κ1) is 24.6. The molecule has 3 rings (SSSR count). The molecule has 2 heterocycles. The van der Waals surface area contributed by atoms with Gasteiger partial charge in [-0.2, -0.15) is 0 Å². The van der Waals surface area contributed by atoms with Crippen LogP contribution in [0.25, 0.3) is 11.5 Å². The summed E-state index contributed by atoms with van der Waals surface area (Å²) in [7, 11) is 2.09. The Morgan fingerprint density at radius 1 is 1.27 bits per heavy atom. The van der Waals surface area contributed by atoms with E-state index in [0.29, 0.717) is 18.9 Å². The van der Waals surface area contributed by atoms with E-state index in [1.807, 2.05) is 0 Å². The summed E-state index contributed by atoms with van der Waals surface area (Å²) in [6.07, 6.45) is 5.81. The van der Waals surface area contributed by atoms with E-state index in [1.165, 1.54) is 12.1 Å². The molecule has 0 bridgehead atoms. The van der Waals surface area contributed by atoms with Crippen LogP contribution >= 0.6 is 24.0 Å². The molecule has 1 aliphatic heterocycles. The second-order valence-corrected chi connectivity index (χ2v) is 7.40. The Labute approximate surface area is 195 Å². The third-order valence-electron chi connectivity index (χ3n) is 5.18.